The van der Waals surface area contributed by atoms with Crippen molar-refractivity contribution in [1.82, 2.24) is 5.32 Å². The molecule has 2 amide bonds. The molecule has 1 aliphatic heterocycles. The van der Waals surface area contributed by atoms with Gasteiger partial charge < -0.3 is 18.9 Å². The van der Waals surface area contributed by atoms with Crippen LogP contribution >= 0.6 is 12.2 Å². The number of nitrogens with one attached hydrogen (secondary N) is 1. The molecule has 0 saturated carbocycles. The predicted molar refractivity (Wildman–Crippen MR) is 115 cm³/mol. The van der Waals surface area contributed by atoms with Crippen LogP contribution < -0.4 is 29.2 Å². The fourth-order valence-electron chi connectivity index (χ4n) is 2.94. The first-order valence-electron chi connectivity index (χ1n) is 8.79. The highest BCUT2D eigenvalue weighted by Crippen LogP contribution is 2.36. The second kappa shape index (κ2) is 8.83. The number of hydrogen-bond acceptors (Lipinski definition) is 7. The minimum absolute atomic E-state index is 0.0130. The van der Waals surface area contributed by atoms with Gasteiger partial charge in [0.25, 0.3) is 11.8 Å². The van der Waals surface area contributed by atoms with Gasteiger partial charge in [-0.15, -0.1) is 0 Å². The lowest BCUT2D eigenvalue weighted by Gasteiger charge is -2.29. The van der Waals surface area contributed by atoms with E-state index in [4.69, 9.17) is 31.2 Å². The van der Waals surface area contributed by atoms with Crippen LogP contribution in [0.3, 0.4) is 0 Å². The second-order valence-electron chi connectivity index (χ2n) is 6.10. The Morgan fingerprint density at radius 1 is 0.867 bits per heavy atom. The van der Waals surface area contributed by atoms with E-state index in [2.05, 4.69) is 5.32 Å². The Morgan fingerprint density at radius 2 is 1.43 bits per heavy atom. The number of thiocarbonyl (C=S) groups is 1. The molecule has 0 atom stereocenters. The van der Waals surface area contributed by atoms with Crippen LogP contribution in [0.5, 0.6) is 23.0 Å². The summed E-state index contributed by atoms with van der Waals surface area (Å²) in [4.78, 5) is 27.0. The molecule has 1 fully saturated rings. The molecule has 0 spiro atoms. The average molecular weight is 428 g/mol. The zero-order valence-corrected chi connectivity index (χ0v) is 17.7. The minimum Gasteiger partial charge on any atom is -0.497 e. The van der Waals surface area contributed by atoms with Gasteiger partial charge in [-0.1, -0.05) is 0 Å². The van der Waals surface area contributed by atoms with E-state index in [0.29, 0.717) is 34.2 Å². The first-order valence-corrected chi connectivity index (χ1v) is 9.19. The molecular weight excluding hydrogens is 408 g/mol. The van der Waals surface area contributed by atoms with Crippen LogP contribution in [0.15, 0.2) is 42.0 Å². The van der Waals surface area contributed by atoms with E-state index in [9.17, 15) is 9.59 Å². The van der Waals surface area contributed by atoms with Gasteiger partial charge in [0.15, 0.2) is 5.11 Å². The van der Waals surface area contributed by atoms with Crippen molar-refractivity contribution in [1.29, 1.82) is 0 Å². The maximum Gasteiger partial charge on any atom is 0.270 e. The van der Waals surface area contributed by atoms with Crippen molar-refractivity contribution >= 4 is 40.9 Å². The lowest BCUT2D eigenvalue weighted by molar-refractivity contribution is -0.122. The van der Waals surface area contributed by atoms with Crippen LogP contribution in [-0.2, 0) is 9.59 Å². The number of benzene rings is 2. The van der Waals surface area contributed by atoms with Crippen molar-refractivity contribution in [2.24, 2.45) is 0 Å². The van der Waals surface area contributed by atoms with Crippen LogP contribution in [0.4, 0.5) is 5.69 Å². The van der Waals surface area contributed by atoms with Crippen molar-refractivity contribution < 1.29 is 28.5 Å². The van der Waals surface area contributed by atoms with Crippen molar-refractivity contribution in [2.75, 3.05) is 33.3 Å². The summed E-state index contributed by atoms with van der Waals surface area (Å²) in [7, 11) is 6.00. The number of rotatable bonds is 6. The van der Waals surface area contributed by atoms with E-state index >= 15 is 0 Å². The summed E-state index contributed by atoms with van der Waals surface area (Å²) < 4.78 is 21.2. The van der Waals surface area contributed by atoms with Gasteiger partial charge in [-0.05, 0) is 42.6 Å². The third kappa shape index (κ3) is 3.92. The van der Waals surface area contributed by atoms with Crippen molar-refractivity contribution in [2.45, 2.75) is 0 Å². The fraction of sp³-hybridized carbons (Fsp3) is 0.190. The van der Waals surface area contributed by atoms with E-state index in [1.54, 1.807) is 43.5 Å². The van der Waals surface area contributed by atoms with Crippen LogP contribution in [0, 0.1) is 0 Å². The van der Waals surface area contributed by atoms with Crippen LogP contribution in [0.2, 0.25) is 0 Å². The van der Waals surface area contributed by atoms with Gasteiger partial charge in [-0.3, -0.25) is 19.8 Å². The zero-order chi connectivity index (χ0) is 21.8. The Balaban J connectivity index is 2.08. The van der Waals surface area contributed by atoms with E-state index < -0.39 is 11.8 Å². The van der Waals surface area contributed by atoms with Crippen molar-refractivity contribution in [3.05, 3.63) is 47.5 Å². The van der Waals surface area contributed by atoms with Gasteiger partial charge in [0.2, 0.25) is 0 Å². The Bertz CT molecular complexity index is 1010. The molecule has 1 saturated heterocycles. The molecule has 0 bridgehead atoms. The highest BCUT2D eigenvalue weighted by Gasteiger charge is 2.35. The molecule has 1 N–H and O–H groups in total. The third-order valence-corrected chi connectivity index (χ3v) is 4.76. The van der Waals surface area contributed by atoms with E-state index in [0.717, 1.165) is 0 Å². The monoisotopic (exact) mass is 428 g/mol. The number of nitrogens with zero attached hydrogens (tertiary/aromatic N) is 1. The summed E-state index contributed by atoms with van der Waals surface area (Å²) in [6, 6.07) is 10.00. The minimum atomic E-state index is -0.616. The van der Waals surface area contributed by atoms with Gasteiger partial charge in [-0.25, -0.2) is 0 Å². The average Bonchev–Trinajstić information content (AvgIpc) is 2.76. The molecule has 0 unspecified atom stereocenters. The quantitative estimate of drug-likeness (QED) is 0.430. The van der Waals surface area contributed by atoms with Crippen LogP contribution in [-0.4, -0.2) is 45.4 Å². The number of amides is 2. The molecule has 0 aromatic heterocycles. The van der Waals surface area contributed by atoms with E-state index in [1.807, 2.05) is 0 Å². The van der Waals surface area contributed by atoms with Gasteiger partial charge in [0.05, 0.1) is 39.7 Å². The first kappa shape index (κ1) is 21.1. The molecule has 9 heteroatoms. The molecule has 1 aliphatic rings. The summed E-state index contributed by atoms with van der Waals surface area (Å²) in [5.74, 6) is 0.698. The van der Waals surface area contributed by atoms with Gasteiger partial charge in [-0.2, -0.15) is 0 Å². The molecule has 30 heavy (non-hydrogen) atoms. The number of ether oxygens (including phenoxy) is 4. The summed E-state index contributed by atoms with van der Waals surface area (Å²) in [5.41, 5.74) is 0.786. The van der Waals surface area contributed by atoms with E-state index in [1.165, 1.54) is 32.3 Å². The molecule has 8 nitrogen and oxygen atoms in total. The number of anilines is 1. The summed E-state index contributed by atoms with van der Waals surface area (Å²) in [6.45, 7) is 0. The third-order valence-electron chi connectivity index (χ3n) is 4.47. The Kier molecular flexibility index (Phi) is 6.22. The van der Waals surface area contributed by atoms with Gasteiger partial charge in [0.1, 0.15) is 28.6 Å². The Labute approximate surface area is 179 Å². The standard InChI is InChI=1S/C21H20N2O6S/c1-26-13-7-5-12(6-8-13)23-20(25)16(19(24)22-21(23)30)11-15-17(28-3)9-14(27-2)10-18(15)29-4/h5-11H,1-4H3,(H,22,24,30)/b16-11-. The maximum atomic E-state index is 13.2. The van der Waals surface area contributed by atoms with Crippen LogP contribution in [0.25, 0.3) is 6.08 Å². The molecule has 2 aromatic carbocycles. The second-order valence-corrected chi connectivity index (χ2v) is 6.49. The lowest BCUT2D eigenvalue weighted by atomic mass is 10.0. The predicted octanol–water partition coefficient (Wildman–Crippen LogP) is 2.55. The Morgan fingerprint density at radius 3 is 1.93 bits per heavy atom. The SMILES string of the molecule is COc1ccc(N2C(=O)/C(=C\c3c(OC)cc(OC)cc3OC)C(=O)NC2=S)cc1. The number of carbonyl (C=O) groups is 2. The molecular formula is C21H20N2O6S. The molecule has 3 rings (SSSR count). The molecule has 1 heterocycles. The van der Waals surface area contributed by atoms with Crippen molar-refractivity contribution in [3.8, 4) is 23.0 Å². The highest BCUT2D eigenvalue weighted by molar-refractivity contribution is 7.80. The van der Waals surface area contributed by atoms with E-state index in [-0.39, 0.29) is 10.7 Å². The Hall–Kier alpha value is -3.59. The van der Waals surface area contributed by atoms with Crippen LogP contribution in [0.1, 0.15) is 5.56 Å². The normalized spacial score (nSPS) is 15.1. The topological polar surface area (TPSA) is 86.3 Å². The zero-order valence-electron chi connectivity index (χ0n) is 16.8. The maximum absolute atomic E-state index is 13.2. The lowest BCUT2D eigenvalue weighted by Crippen LogP contribution is -2.54. The van der Waals surface area contributed by atoms with Crippen molar-refractivity contribution in [3.63, 3.8) is 0 Å². The first-order chi connectivity index (χ1) is 14.4. The smallest absolute Gasteiger partial charge is 0.270 e. The fourth-order valence-corrected chi connectivity index (χ4v) is 3.22. The van der Waals surface area contributed by atoms with Gasteiger partial charge >= 0.3 is 0 Å². The largest absolute Gasteiger partial charge is 0.497 e. The van der Waals surface area contributed by atoms with Gasteiger partial charge in [0, 0.05) is 12.1 Å². The number of methoxy groups -OCH3 is 4. The molecule has 156 valence electrons. The summed E-state index contributed by atoms with van der Waals surface area (Å²) in [5, 5.41) is 2.53. The molecule has 0 radical (unpaired) electrons. The number of carbonyl (C=O) groups excluding carboxylic acids is 2. The molecule has 0 aliphatic carbocycles. The molecule has 2 aromatic rings. The summed E-state index contributed by atoms with van der Waals surface area (Å²) >= 11 is 5.22. The highest BCUT2D eigenvalue weighted by atomic mass is 32.1. The number of hydrogen-bond donors (Lipinski definition) is 1. The summed E-state index contributed by atoms with van der Waals surface area (Å²) in [6.07, 6.45) is 1.41.